The lowest BCUT2D eigenvalue weighted by molar-refractivity contribution is -0.129. The Labute approximate surface area is 350 Å². The van der Waals surface area contributed by atoms with E-state index in [-0.39, 0.29) is 0 Å². The molecule has 0 aliphatic carbocycles. The number of hydrogen-bond donors (Lipinski definition) is 0. The third-order valence-corrected chi connectivity index (χ3v) is 10.0. The van der Waals surface area contributed by atoms with E-state index in [1.54, 1.807) is 24.3 Å². The van der Waals surface area contributed by atoms with Crippen LogP contribution in [0, 0.1) is 0 Å². The Morgan fingerprint density at radius 2 is 0.533 bits per heavy atom. The van der Waals surface area contributed by atoms with Crippen molar-refractivity contribution in [3.63, 3.8) is 0 Å². The van der Waals surface area contributed by atoms with Crippen molar-refractivity contribution in [1.29, 1.82) is 0 Å². The monoisotopic (exact) mass is 780 g/mol. The molecule has 0 bridgehead atoms. The van der Waals surface area contributed by atoms with Gasteiger partial charge < -0.3 is 19.3 Å². The summed E-state index contributed by atoms with van der Waals surface area (Å²) < 4.78 is 10.5. The summed E-state index contributed by atoms with van der Waals surface area (Å²) in [6.45, 7) is 6.92. The molecule has 0 radical (unpaired) electrons. The van der Waals surface area contributed by atoms with Gasteiger partial charge in [-0.05, 0) is 130 Å². The van der Waals surface area contributed by atoms with E-state index in [9.17, 15) is 9.59 Å². The molecule has 0 spiro atoms. The lowest BCUT2D eigenvalue weighted by atomic mass is 10.0. The quantitative estimate of drug-likeness (QED) is 0.0660. The molecule has 8 aromatic carbocycles. The van der Waals surface area contributed by atoms with Crippen molar-refractivity contribution in [1.82, 2.24) is 0 Å². The van der Waals surface area contributed by atoms with Crippen molar-refractivity contribution in [2.75, 3.05) is 9.80 Å². The summed E-state index contributed by atoms with van der Waals surface area (Å²) in [5, 5.41) is 0. The summed E-state index contributed by atoms with van der Waals surface area (Å²) in [5.74, 6) is -0.0194. The van der Waals surface area contributed by atoms with Gasteiger partial charge in [-0.1, -0.05) is 122 Å². The molecule has 0 aliphatic heterocycles. The van der Waals surface area contributed by atoms with Gasteiger partial charge in [-0.2, -0.15) is 0 Å². The standard InChI is InChI=1S/C54H40N2O4/c1-3-53(57)59-51-35-23-43(24-36-51)41-19-31-49(32-20-41)55(45-11-7-5-8-12-45)47-27-15-39(16-28-47)40-17-29-48(30-18-40)56(46-13-9-6-10-14-46)50-33-21-42(22-34-50)44-25-37-52(38-26-44)60-54(58)4-2/h3-38H,1-2H2. The van der Waals surface area contributed by atoms with Crippen LogP contribution in [0.1, 0.15) is 0 Å². The maximum atomic E-state index is 11.6. The molecule has 0 amide bonds. The molecule has 290 valence electrons. The molecule has 8 rings (SSSR count). The molecule has 0 fully saturated rings. The predicted molar refractivity (Wildman–Crippen MR) is 244 cm³/mol. The number of benzene rings is 8. The van der Waals surface area contributed by atoms with Gasteiger partial charge in [-0.3, -0.25) is 0 Å². The van der Waals surface area contributed by atoms with E-state index >= 15 is 0 Å². The Morgan fingerprint density at radius 1 is 0.317 bits per heavy atom. The van der Waals surface area contributed by atoms with Gasteiger partial charge in [0.15, 0.2) is 0 Å². The molecular weight excluding hydrogens is 741 g/mol. The van der Waals surface area contributed by atoms with Gasteiger partial charge in [0.1, 0.15) is 11.5 Å². The second-order valence-corrected chi connectivity index (χ2v) is 13.8. The largest absolute Gasteiger partial charge is 0.423 e. The van der Waals surface area contributed by atoms with Gasteiger partial charge in [0, 0.05) is 46.3 Å². The molecule has 0 aliphatic rings. The lowest BCUT2D eigenvalue weighted by Gasteiger charge is -2.26. The number of carbonyl (C=O) groups excluding carboxylic acids is 2. The van der Waals surface area contributed by atoms with Gasteiger partial charge >= 0.3 is 11.9 Å². The number of esters is 2. The maximum absolute atomic E-state index is 11.6. The minimum absolute atomic E-state index is 0.475. The van der Waals surface area contributed by atoms with Crippen LogP contribution in [0.3, 0.4) is 0 Å². The van der Waals surface area contributed by atoms with Crippen molar-refractivity contribution in [3.05, 3.63) is 232 Å². The predicted octanol–water partition coefficient (Wildman–Crippen LogP) is 13.8. The molecule has 60 heavy (non-hydrogen) atoms. The van der Waals surface area contributed by atoms with Crippen molar-refractivity contribution >= 4 is 46.1 Å². The summed E-state index contributed by atoms with van der Waals surface area (Å²) in [7, 11) is 0. The van der Waals surface area contributed by atoms with Crippen LogP contribution < -0.4 is 19.3 Å². The number of carbonyl (C=O) groups is 2. The van der Waals surface area contributed by atoms with E-state index in [4.69, 9.17) is 9.47 Å². The normalized spacial score (nSPS) is 10.6. The average molecular weight is 781 g/mol. The summed E-state index contributed by atoms with van der Waals surface area (Å²) in [6, 6.07) is 69.7. The molecular formula is C54H40N2O4. The van der Waals surface area contributed by atoms with Gasteiger partial charge in [0.25, 0.3) is 0 Å². The van der Waals surface area contributed by atoms with Crippen LogP contribution in [0.15, 0.2) is 232 Å². The molecule has 0 N–H and O–H groups in total. The van der Waals surface area contributed by atoms with Crippen LogP contribution in [0.2, 0.25) is 0 Å². The Morgan fingerprint density at radius 3 is 0.767 bits per heavy atom. The Kier molecular flexibility index (Phi) is 11.5. The highest BCUT2D eigenvalue weighted by Crippen LogP contribution is 2.39. The third kappa shape index (κ3) is 8.84. The zero-order chi connectivity index (χ0) is 41.3. The van der Waals surface area contributed by atoms with E-state index in [0.29, 0.717) is 11.5 Å². The van der Waals surface area contributed by atoms with Gasteiger partial charge in [-0.25, -0.2) is 9.59 Å². The number of nitrogens with zero attached hydrogens (tertiary/aromatic N) is 2. The van der Waals surface area contributed by atoms with Crippen molar-refractivity contribution < 1.29 is 19.1 Å². The fourth-order valence-corrected chi connectivity index (χ4v) is 7.01. The average Bonchev–Trinajstić information content (AvgIpc) is 3.31. The van der Waals surface area contributed by atoms with E-state index in [2.05, 4.69) is 144 Å². The van der Waals surface area contributed by atoms with Crippen LogP contribution in [0.25, 0.3) is 33.4 Å². The Bertz CT molecular complexity index is 2520. The van der Waals surface area contributed by atoms with Crippen LogP contribution in [0.4, 0.5) is 34.1 Å². The molecule has 0 saturated heterocycles. The highest BCUT2D eigenvalue weighted by atomic mass is 16.5. The number of hydrogen-bond acceptors (Lipinski definition) is 6. The van der Waals surface area contributed by atoms with E-state index in [0.717, 1.165) is 79.7 Å². The van der Waals surface area contributed by atoms with Crippen LogP contribution >= 0.6 is 0 Å². The second-order valence-electron chi connectivity index (χ2n) is 13.8. The summed E-state index contributed by atoms with van der Waals surface area (Å²) >= 11 is 0. The molecule has 6 nitrogen and oxygen atoms in total. The number of anilines is 6. The molecule has 0 heterocycles. The third-order valence-electron chi connectivity index (χ3n) is 10.0. The zero-order valence-corrected chi connectivity index (χ0v) is 32.7. The summed E-state index contributed by atoms with van der Waals surface area (Å²) in [5.41, 5.74) is 12.6. The smallest absolute Gasteiger partial charge is 0.335 e. The SMILES string of the molecule is C=CC(=O)Oc1ccc(-c2ccc(N(c3ccccc3)c3ccc(-c4ccc(N(c5ccccc5)c5ccc(-c6ccc(OC(=O)C=C)cc6)cc5)cc4)cc3)cc2)cc1. The highest BCUT2D eigenvalue weighted by Gasteiger charge is 2.15. The topological polar surface area (TPSA) is 59.1 Å². The van der Waals surface area contributed by atoms with Gasteiger partial charge in [-0.15, -0.1) is 0 Å². The first-order chi connectivity index (χ1) is 29.4. The fraction of sp³-hybridized carbons (Fsp3) is 0. The summed E-state index contributed by atoms with van der Waals surface area (Å²) in [4.78, 5) is 27.7. The van der Waals surface area contributed by atoms with E-state index < -0.39 is 11.9 Å². The summed E-state index contributed by atoms with van der Waals surface area (Å²) in [6.07, 6.45) is 2.30. The molecule has 0 saturated carbocycles. The van der Waals surface area contributed by atoms with Crippen molar-refractivity contribution in [2.45, 2.75) is 0 Å². The zero-order valence-electron chi connectivity index (χ0n) is 32.7. The highest BCUT2D eigenvalue weighted by molar-refractivity contribution is 5.85. The minimum atomic E-state index is -0.485. The second kappa shape index (κ2) is 17.9. The minimum Gasteiger partial charge on any atom is -0.423 e. The van der Waals surface area contributed by atoms with E-state index in [1.165, 1.54) is 0 Å². The molecule has 0 aromatic heterocycles. The first-order valence-corrected chi connectivity index (χ1v) is 19.5. The van der Waals surface area contributed by atoms with Crippen LogP contribution in [-0.4, -0.2) is 11.9 Å². The Balaban J connectivity index is 1.02. The Hall–Kier alpha value is -8.22. The molecule has 8 aromatic rings. The fourth-order valence-electron chi connectivity index (χ4n) is 7.01. The van der Waals surface area contributed by atoms with Crippen LogP contribution in [-0.2, 0) is 9.59 Å². The number of ether oxygens (including phenoxy) is 2. The van der Waals surface area contributed by atoms with Crippen molar-refractivity contribution in [3.8, 4) is 44.9 Å². The molecule has 0 atom stereocenters. The lowest BCUT2D eigenvalue weighted by Crippen LogP contribution is -2.10. The number of para-hydroxylation sites is 2. The van der Waals surface area contributed by atoms with E-state index in [1.807, 2.05) is 60.7 Å². The number of rotatable bonds is 13. The van der Waals surface area contributed by atoms with Crippen LogP contribution in [0.5, 0.6) is 11.5 Å². The molecule has 6 heteroatoms. The first-order valence-electron chi connectivity index (χ1n) is 19.5. The first kappa shape index (κ1) is 38.6. The maximum Gasteiger partial charge on any atom is 0.335 e. The van der Waals surface area contributed by atoms with Gasteiger partial charge in [0.05, 0.1) is 0 Å². The van der Waals surface area contributed by atoms with Crippen molar-refractivity contribution in [2.24, 2.45) is 0 Å². The molecule has 0 unspecified atom stereocenters. The van der Waals surface area contributed by atoms with Gasteiger partial charge in [0.2, 0.25) is 0 Å².